The van der Waals surface area contributed by atoms with Crippen LogP contribution >= 0.6 is 0 Å². The van der Waals surface area contributed by atoms with E-state index in [4.69, 9.17) is 9.39 Å². The van der Waals surface area contributed by atoms with Crippen LogP contribution in [0.2, 0.25) is 0 Å². The normalized spacial score (nSPS) is 16.7. The minimum Gasteiger partial charge on any atom is -0.534 e. The average molecular weight is 293 g/mol. The molecule has 8 heteroatoms. The topological polar surface area (TPSA) is 105 Å². The highest BCUT2D eigenvalue weighted by atomic mass is 16.5. The zero-order valence-corrected chi connectivity index (χ0v) is 11.8. The van der Waals surface area contributed by atoms with Gasteiger partial charge in [0.2, 0.25) is 5.91 Å². The molecule has 21 heavy (non-hydrogen) atoms. The third kappa shape index (κ3) is 3.10. The van der Waals surface area contributed by atoms with Gasteiger partial charge in [0, 0.05) is 6.92 Å². The van der Waals surface area contributed by atoms with Gasteiger partial charge in [-0.05, 0) is 25.0 Å². The lowest BCUT2D eigenvalue weighted by molar-refractivity contribution is -0.119. The minimum atomic E-state index is -1.31. The number of carbonyl (C=O) groups is 2. The number of ether oxygens (including phenoxy) is 1. The fourth-order valence-electron chi connectivity index (χ4n) is 2.24. The van der Waals surface area contributed by atoms with Gasteiger partial charge in [0.1, 0.15) is 17.1 Å². The predicted octanol–water partition coefficient (Wildman–Crippen LogP) is 0.0282. The summed E-state index contributed by atoms with van der Waals surface area (Å²) in [6.07, 6.45) is 0.281. The van der Waals surface area contributed by atoms with Crippen LogP contribution in [0.5, 0.6) is 11.5 Å². The summed E-state index contributed by atoms with van der Waals surface area (Å²) in [5.41, 5.74) is 0.481. The molecule has 1 amide bonds. The smallest absolute Gasteiger partial charge is 0.534 e. The first-order valence-corrected chi connectivity index (χ1v) is 6.57. The number of aromatic hydroxyl groups is 1. The Bertz CT molecular complexity index is 576. The molecular formula is C13H16BNO6. The van der Waals surface area contributed by atoms with Gasteiger partial charge in [0.05, 0.1) is 12.5 Å². The first kappa shape index (κ1) is 15.2. The maximum atomic E-state index is 11.9. The van der Waals surface area contributed by atoms with Crippen LogP contribution in [-0.4, -0.2) is 41.7 Å². The van der Waals surface area contributed by atoms with Crippen molar-refractivity contribution in [3.63, 3.8) is 0 Å². The number of phenols is 1. The molecule has 3 N–H and O–H groups in total. The molecule has 0 unspecified atom stereocenters. The van der Waals surface area contributed by atoms with E-state index >= 15 is 0 Å². The SMILES string of the molecule is CCOC(=O)c1c(O)ccc2c1OB(O)[C@@H](NC(C)=O)C2. The third-order valence-electron chi connectivity index (χ3n) is 3.11. The second-order valence-electron chi connectivity index (χ2n) is 4.69. The molecule has 1 aromatic carbocycles. The van der Waals surface area contributed by atoms with E-state index in [0.717, 1.165) is 0 Å². The molecular weight excluding hydrogens is 277 g/mol. The van der Waals surface area contributed by atoms with Crippen molar-refractivity contribution in [2.45, 2.75) is 26.2 Å². The van der Waals surface area contributed by atoms with Gasteiger partial charge in [-0.1, -0.05) is 6.07 Å². The second-order valence-corrected chi connectivity index (χ2v) is 4.69. The quantitative estimate of drug-likeness (QED) is 0.536. The second kappa shape index (κ2) is 6.05. The van der Waals surface area contributed by atoms with E-state index < -0.39 is 19.0 Å². The predicted molar refractivity (Wildman–Crippen MR) is 74.0 cm³/mol. The molecule has 112 valence electrons. The fraction of sp³-hybridized carbons (Fsp3) is 0.385. The van der Waals surface area contributed by atoms with Crippen molar-refractivity contribution in [2.24, 2.45) is 0 Å². The van der Waals surface area contributed by atoms with Crippen molar-refractivity contribution in [1.82, 2.24) is 5.32 Å². The summed E-state index contributed by atoms with van der Waals surface area (Å²) in [4.78, 5) is 23.0. The largest absolute Gasteiger partial charge is 0.547 e. The van der Waals surface area contributed by atoms with Gasteiger partial charge in [-0.15, -0.1) is 0 Å². The summed E-state index contributed by atoms with van der Waals surface area (Å²) in [5, 5.41) is 22.3. The first-order chi connectivity index (χ1) is 9.93. The molecule has 1 aromatic rings. The maximum Gasteiger partial charge on any atom is 0.547 e. The number of phenolic OH excluding ortho intramolecular Hbond substituents is 1. The summed E-state index contributed by atoms with van der Waals surface area (Å²) >= 11 is 0. The molecule has 0 bridgehead atoms. The molecule has 2 rings (SSSR count). The van der Waals surface area contributed by atoms with Crippen LogP contribution < -0.4 is 9.97 Å². The van der Waals surface area contributed by atoms with Crippen LogP contribution in [0.15, 0.2) is 12.1 Å². The molecule has 0 saturated heterocycles. The van der Waals surface area contributed by atoms with Gasteiger partial charge in [-0.25, -0.2) is 4.79 Å². The lowest BCUT2D eigenvalue weighted by Gasteiger charge is -2.29. The number of carbonyl (C=O) groups excluding carboxylic acids is 2. The van der Waals surface area contributed by atoms with Crippen LogP contribution in [0.3, 0.4) is 0 Å². The third-order valence-corrected chi connectivity index (χ3v) is 3.11. The van der Waals surface area contributed by atoms with Gasteiger partial charge < -0.3 is 24.8 Å². The molecule has 0 radical (unpaired) electrons. The summed E-state index contributed by atoms with van der Waals surface area (Å²) < 4.78 is 10.2. The molecule has 1 aliphatic rings. The Labute approximate surface area is 122 Å². The van der Waals surface area contributed by atoms with Gasteiger partial charge in [-0.2, -0.15) is 0 Å². The minimum absolute atomic E-state index is 0.0857. The van der Waals surface area contributed by atoms with E-state index in [1.54, 1.807) is 13.0 Å². The van der Waals surface area contributed by atoms with E-state index in [0.29, 0.717) is 5.56 Å². The molecule has 1 atom stereocenters. The molecule has 1 aliphatic heterocycles. The van der Waals surface area contributed by atoms with Crippen LogP contribution in [0.4, 0.5) is 0 Å². The molecule has 0 spiro atoms. The zero-order valence-electron chi connectivity index (χ0n) is 11.8. The van der Waals surface area contributed by atoms with Crippen LogP contribution in [-0.2, 0) is 16.0 Å². The number of hydrogen-bond acceptors (Lipinski definition) is 6. The first-order valence-electron chi connectivity index (χ1n) is 6.57. The van der Waals surface area contributed by atoms with E-state index in [-0.39, 0.29) is 36.0 Å². The highest BCUT2D eigenvalue weighted by Gasteiger charge is 2.38. The number of amides is 1. The number of esters is 1. The Morgan fingerprint density at radius 3 is 2.86 bits per heavy atom. The molecule has 0 fully saturated rings. The standard InChI is InChI=1S/C13H16BNO6/c1-3-20-13(18)11-9(17)5-4-8-6-10(15-7(2)16)14(19)21-12(8)11/h4-5,10,17,19H,3,6H2,1-2H3,(H,15,16)/t10-/m0/s1. The number of fused-ring (bicyclic) bond motifs is 1. The highest BCUT2D eigenvalue weighted by Crippen LogP contribution is 2.36. The highest BCUT2D eigenvalue weighted by molar-refractivity contribution is 6.47. The summed E-state index contributed by atoms with van der Waals surface area (Å²) in [6.45, 7) is 3.13. The van der Waals surface area contributed by atoms with Crippen molar-refractivity contribution in [3.05, 3.63) is 23.3 Å². The van der Waals surface area contributed by atoms with Crippen LogP contribution in [0, 0.1) is 0 Å². The van der Waals surface area contributed by atoms with Gasteiger partial charge in [0.15, 0.2) is 0 Å². The van der Waals surface area contributed by atoms with E-state index in [9.17, 15) is 19.7 Å². The molecule has 0 saturated carbocycles. The number of benzene rings is 1. The van der Waals surface area contributed by atoms with Crippen molar-refractivity contribution in [1.29, 1.82) is 0 Å². The summed E-state index contributed by atoms with van der Waals surface area (Å²) in [7, 11) is -1.31. The monoisotopic (exact) mass is 293 g/mol. The van der Waals surface area contributed by atoms with Crippen molar-refractivity contribution in [3.8, 4) is 11.5 Å². The Hall–Kier alpha value is -2.22. The van der Waals surface area contributed by atoms with Gasteiger partial charge in [0.25, 0.3) is 0 Å². The van der Waals surface area contributed by atoms with Gasteiger partial charge in [-0.3, -0.25) is 4.79 Å². The Balaban J connectivity index is 2.37. The number of rotatable bonds is 3. The fourth-order valence-corrected chi connectivity index (χ4v) is 2.24. The summed E-state index contributed by atoms with van der Waals surface area (Å²) in [6, 6.07) is 2.94. The van der Waals surface area contributed by atoms with Gasteiger partial charge >= 0.3 is 13.1 Å². The van der Waals surface area contributed by atoms with E-state index in [1.165, 1.54) is 13.0 Å². The number of nitrogens with one attached hydrogen (secondary N) is 1. The number of hydrogen-bond donors (Lipinski definition) is 3. The van der Waals surface area contributed by atoms with Crippen LogP contribution in [0.1, 0.15) is 29.8 Å². The van der Waals surface area contributed by atoms with E-state index in [1.807, 2.05) is 0 Å². The van der Waals surface area contributed by atoms with Crippen molar-refractivity contribution >= 4 is 19.0 Å². The Morgan fingerprint density at radius 1 is 1.52 bits per heavy atom. The zero-order chi connectivity index (χ0) is 15.6. The van der Waals surface area contributed by atoms with Crippen molar-refractivity contribution < 1.29 is 29.1 Å². The Morgan fingerprint density at radius 2 is 2.24 bits per heavy atom. The summed E-state index contributed by atoms with van der Waals surface area (Å²) in [5.74, 6) is -1.83. The average Bonchev–Trinajstić information content (AvgIpc) is 2.39. The Kier molecular flexibility index (Phi) is 4.37. The van der Waals surface area contributed by atoms with Crippen molar-refractivity contribution in [2.75, 3.05) is 6.61 Å². The van der Waals surface area contributed by atoms with E-state index in [2.05, 4.69) is 5.32 Å². The van der Waals surface area contributed by atoms with Crippen LogP contribution in [0.25, 0.3) is 0 Å². The molecule has 1 heterocycles. The maximum absolute atomic E-state index is 11.9. The molecule has 0 aromatic heterocycles. The molecule has 7 nitrogen and oxygen atoms in total. The lowest BCUT2D eigenvalue weighted by Crippen LogP contribution is -2.52. The lowest BCUT2D eigenvalue weighted by atomic mass is 9.72. The molecule has 0 aliphatic carbocycles.